The number of nitrogens with one attached hydrogen (secondary N) is 1. The van der Waals surface area contributed by atoms with Crippen LogP contribution in [-0.4, -0.2) is 32.2 Å². The first-order valence-corrected chi connectivity index (χ1v) is 11.4. The van der Waals surface area contributed by atoms with E-state index in [0.29, 0.717) is 0 Å². The van der Waals surface area contributed by atoms with Crippen LogP contribution >= 0.6 is 11.3 Å². The Morgan fingerprint density at radius 2 is 1.79 bits per heavy atom. The van der Waals surface area contributed by atoms with Crippen LogP contribution in [-0.2, 0) is 14.8 Å². The van der Waals surface area contributed by atoms with E-state index in [1.807, 2.05) is 55.6 Å². The molecule has 0 spiro atoms. The van der Waals surface area contributed by atoms with Crippen molar-refractivity contribution in [2.45, 2.75) is 24.8 Å². The highest BCUT2D eigenvalue weighted by Gasteiger charge is 2.25. The molecule has 0 unspecified atom stereocenters. The normalized spacial score (nSPS) is 13.2. The summed E-state index contributed by atoms with van der Waals surface area (Å²) in [6.07, 6.45) is 0. The van der Waals surface area contributed by atoms with E-state index >= 15 is 0 Å². The maximum atomic E-state index is 12.9. The third-order valence-corrected chi connectivity index (χ3v) is 7.38. The fraction of sp³-hybridized carbons (Fsp3) is 0.286. The quantitative estimate of drug-likeness (QED) is 0.632. The number of hydrogen-bond donors (Lipinski definition) is 1. The van der Waals surface area contributed by atoms with Crippen LogP contribution in [0.25, 0.3) is 10.8 Å². The number of amides is 1. The van der Waals surface area contributed by atoms with E-state index in [0.717, 1.165) is 20.0 Å². The summed E-state index contributed by atoms with van der Waals surface area (Å²) >= 11 is 1.58. The number of sulfonamides is 1. The smallest absolute Gasteiger partial charge is 0.243 e. The van der Waals surface area contributed by atoms with Gasteiger partial charge in [-0.05, 0) is 40.3 Å². The molecular weight excluding hydrogens is 392 g/mol. The molecule has 28 heavy (non-hydrogen) atoms. The molecule has 7 heteroatoms. The summed E-state index contributed by atoms with van der Waals surface area (Å²) in [6, 6.07) is 16.4. The maximum Gasteiger partial charge on any atom is 0.243 e. The van der Waals surface area contributed by atoms with Gasteiger partial charge in [0.15, 0.2) is 0 Å². The van der Waals surface area contributed by atoms with E-state index in [2.05, 4.69) is 5.32 Å². The van der Waals surface area contributed by atoms with Gasteiger partial charge in [0, 0.05) is 11.9 Å². The average Bonchev–Trinajstić information content (AvgIpc) is 3.19. The lowest BCUT2D eigenvalue weighted by molar-refractivity contribution is -0.122. The molecule has 2 aromatic carbocycles. The van der Waals surface area contributed by atoms with E-state index < -0.39 is 10.0 Å². The minimum absolute atomic E-state index is 0.135. The summed E-state index contributed by atoms with van der Waals surface area (Å²) in [5.41, 5.74) is 0. The SMILES string of the molecule is CC(C)[C@@H](NC(=O)CN(C)S(=O)(=O)c1ccc2ccccc2c1)c1cccs1. The Bertz CT molecular complexity index is 1060. The Morgan fingerprint density at radius 3 is 2.43 bits per heavy atom. The molecule has 3 aromatic rings. The molecule has 1 atom stereocenters. The molecule has 0 aliphatic rings. The minimum atomic E-state index is -3.76. The predicted octanol–water partition coefficient (Wildman–Crippen LogP) is 4.04. The van der Waals surface area contributed by atoms with Crippen molar-refractivity contribution in [3.8, 4) is 0 Å². The highest BCUT2D eigenvalue weighted by molar-refractivity contribution is 7.89. The van der Waals surface area contributed by atoms with Gasteiger partial charge >= 0.3 is 0 Å². The number of hydrogen-bond acceptors (Lipinski definition) is 4. The maximum absolute atomic E-state index is 12.9. The lowest BCUT2D eigenvalue weighted by Crippen LogP contribution is -2.40. The van der Waals surface area contributed by atoms with Gasteiger partial charge in [0.1, 0.15) is 0 Å². The Morgan fingerprint density at radius 1 is 1.07 bits per heavy atom. The minimum Gasteiger partial charge on any atom is -0.347 e. The number of fused-ring (bicyclic) bond motifs is 1. The molecule has 1 aromatic heterocycles. The molecule has 0 saturated heterocycles. The second-order valence-electron chi connectivity index (χ2n) is 7.07. The number of carbonyl (C=O) groups is 1. The van der Waals surface area contributed by atoms with Crippen molar-refractivity contribution in [1.29, 1.82) is 0 Å². The van der Waals surface area contributed by atoms with E-state index in [4.69, 9.17) is 0 Å². The molecule has 1 amide bonds. The first-order chi connectivity index (χ1) is 13.3. The van der Waals surface area contributed by atoms with Crippen molar-refractivity contribution in [1.82, 2.24) is 9.62 Å². The first kappa shape index (κ1) is 20.5. The Labute approximate surface area is 170 Å². The molecule has 0 radical (unpaired) electrons. The second kappa shape index (κ2) is 8.43. The summed E-state index contributed by atoms with van der Waals surface area (Å²) < 4.78 is 26.9. The predicted molar refractivity (Wildman–Crippen MR) is 114 cm³/mol. The number of thiophene rings is 1. The van der Waals surface area contributed by atoms with Crippen LogP contribution in [0.5, 0.6) is 0 Å². The molecular formula is C21H24N2O3S2. The van der Waals surface area contributed by atoms with Crippen molar-refractivity contribution in [3.05, 3.63) is 64.9 Å². The summed E-state index contributed by atoms with van der Waals surface area (Å²) in [7, 11) is -2.33. The molecule has 3 rings (SSSR count). The molecule has 0 aliphatic heterocycles. The zero-order valence-corrected chi connectivity index (χ0v) is 17.8. The second-order valence-corrected chi connectivity index (χ2v) is 10.1. The summed E-state index contributed by atoms with van der Waals surface area (Å²) in [6.45, 7) is 3.82. The third kappa shape index (κ3) is 4.43. The zero-order chi connectivity index (χ0) is 20.3. The average molecular weight is 417 g/mol. The number of carbonyl (C=O) groups excluding carboxylic acids is 1. The molecule has 5 nitrogen and oxygen atoms in total. The summed E-state index contributed by atoms with van der Waals surface area (Å²) in [4.78, 5) is 13.8. The zero-order valence-electron chi connectivity index (χ0n) is 16.1. The van der Waals surface area contributed by atoms with Gasteiger partial charge in [0.25, 0.3) is 0 Å². The van der Waals surface area contributed by atoms with Crippen LogP contribution in [0.15, 0.2) is 64.9 Å². The fourth-order valence-electron chi connectivity index (χ4n) is 3.05. The van der Waals surface area contributed by atoms with Crippen LogP contribution in [0.1, 0.15) is 24.8 Å². The van der Waals surface area contributed by atoms with E-state index in [-0.39, 0.29) is 29.3 Å². The van der Waals surface area contributed by atoms with E-state index in [1.165, 1.54) is 7.05 Å². The number of likely N-dealkylation sites (N-methyl/N-ethyl adjacent to an activating group) is 1. The Kier molecular flexibility index (Phi) is 6.17. The lowest BCUT2D eigenvalue weighted by Gasteiger charge is -2.23. The van der Waals surface area contributed by atoms with Gasteiger partial charge in [-0.1, -0.05) is 50.2 Å². The van der Waals surface area contributed by atoms with Crippen molar-refractivity contribution in [3.63, 3.8) is 0 Å². The topological polar surface area (TPSA) is 66.5 Å². The largest absolute Gasteiger partial charge is 0.347 e. The highest BCUT2D eigenvalue weighted by atomic mass is 32.2. The number of rotatable bonds is 7. The van der Waals surface area contributed by atoms with Gasteiger partial charge in [0.05, 0.1) is 17.5 Å². The third-order valence-electron chi connectivity index (χ3n) is 4.63. The molecule has 0 saturated carbocycles. The molecule has 148 valence electrons. The van der Waals surface area contributed by atoms with Gasteiger partial charge in [-0.2, -0.15) is 4.31 Å². The van der Waals surface area contributed by atoms with Crippen LogP contribution in [0, 0.1) is 5.92 Å². The van der Waals surface area contributed by atoms with E-state index in [1.54, 1.807) is 29.5 Å². The molecule has 0 bridgehead atoms. The summed E-state index contributed by atoms with van der Waals surface area (Å²) in [5, 5.41) is 6.75. The van der Waals surface area contributed by atoms with Gasteiger partial charge in [-0.15, -0.1) is 11.3 Å². The molecule has 1 heterocycles. The first-order valence-electron chi connectivity index (χ1n) is 9.07. The molecule has 1 N–H and O–H groups in total. The van der Waals surface area contributed by atoms with Crippen LogP contribution in [0.2, 0.25) is 0 Å². The molecule has 0 fully saturated rings. The van der Waals surface area contributed by atoms with Gasteiger partial charge in [-0.3, -0.25) is 4.79 Å². The molecule has 0 aliphatic carbocycles. The van der Waals surface area contributed by atoms with Crippen molar-refractivity contribution >= 4 is 38.0 Å². The van der Waals surface area contributed by atoms with Crippen molar-refractivity contribution in [2.75, 3.05) is 13.6 Å². The monoisotopic (exact) mass is 416 g/mol. The van der Waals surface area contributed by atoms with E-state index in [9.17, 15) is 13.2 Å². The fourth-order valence-corrected chi connectivity index (χ4v) is 5.16. The highest BCUT2D eigenvalue weighted by Crippen LogP contribution is 2.26. The van der Waals surface area contributed by atoms with Crippen LogP contribution in [0.4, 0.5) is 0 Å². The number of benzene rings is 2. The summed E-state index contributed by atoms with van der Waals surface area (Å²) in [5.74, 6) is -0.121. The Balaban J connectivity index is 1.74. The standard InChI is InChI=1S/C21H24N2O3S2/c1-15(2)21(19-9-6-12-27-19)22-20(24)14-23(3)28(25,26)18-11-10-16-7-4-5-8-17(16)13-18/h4-13,15,21H,14H2,1-3H3,(H,22,24)/t21-/m1/s1. The Hall–Kier alpha value is -2.22. The lowest BCUT2D eigenvalue weighted by atomic mass is 10.0. The van der Waals surface area contributed by atoms with Gasteiger partial charge in [-0.25, -0.2) is 8.42 Å². The number of nitrogens with zero attached hydrogens (tertiary/aromatic N) is 1. The van der Waals surface area contributed by atoms with Crippen LogP contribution < -0.4 is 5.32 Å². The van der Waals surface area contributed by atoms with Gasteiger partial charge in [0.2, 0.25) is 15.9 Å². The van der Waals surface area contributed by atoms with Crippen LogP contribution in [0.3, 0.4) is 0 Å². The van der Waals surface area contributed by atoms with Gasteiger partial charge < -0.3 is 5.32 Å². The van der Waals surface area contributed by atoms with Crippen molar-refractivity contribution < 1.29 is 13.2 Å². The van der Waals surface area contributed by atoms with Crippen molar-refractivity contribution in [2.24, 2.45) is 5.92 Å².